The fraction of sp³-hybridized carbons (Fsp3) is 1.00. The van der Waals surface area contributed by atoms with E-state index in [1.165, 1.54) is 38.5 Å². The van der Waals surface area contributed by atoms with Gasteiger partial charge in [0, 0.05) is 0 Å². The second-order valence-electron chi connectivity index (χ2n) is 9.04. The van der Waals surface area contributed by atoms with Crippen molar-refractivity contribution < 1.29 is 18.3 Å². The monoisotopic (exact) mass is 360 g/mol. The van der Waals surface area contributed by atoms with Gasteiger partial charge in [-0.05, 0) is 74.5 Å². The molecule has 0 saturated heterocycles. The lowest BCUT2D eigenvalue weighted by atomic mass is 9.64. The molecular weight excluding hydrogens is 325 g/mol. The highest BCUT2D eigenvalue weighted by atomic mass is 19.2. The minimum atomic E-state index is -2.15. The first kappa shape index (κ1) is 19.5. The van der Waals surface area contributed by atoms with Crippen molar-refractivity contribution in [3.8, 4) is 0 Å². The van der Waals surface area contributed by atoms with Crippen LogP contribution >= 0.6 is 0 Å². The Hall–Kier alpha value is -0.250. The van der Waals surface area contributed by atoms with Gasteiger partial charge in [0.2, 0.25) is 0 Å². The van der Waals surface area contributed by atoms with Gasteiger partial charge in [0.15, 0.2) is 12.3 Å². The van der Waals surface area contributed by atoms with Crippen LogP contribution in [0.15, 0.2) is 0 Å². The van der Waals surface area contributed by atoms with Crippen molar-refractivity contribution >= 4 is 0 Å². The Labute approximate surface area is 150 Å². The molecule has 1 nitrogen and oxygen atoms in total. The van der Waals surface area contributed by atoms with Gasteiger partial charge >= 0.3 is 0 Å². The van der Waals surface area contributed by atoms with Gasteiger partial charge in [-0.3, -0.25) is 0 Å². The Morgan fingerprint density at radius 2 is 1.28 bits per heavy atom. The Kier molecular flexibility index (Phi) is 6.73. The topological polar surface area (TPSA) is 20.2 Å². The van der Waals surface area contributed by atoms with Crippen LogP contribution in [0.2, 0.25) is 0 Å². The lowest BCUT2D eigenvalue weighted by Gasteiger charge is -2.43. The lowest BCUT2D eigenvalue weighted by Crippen LogP contribution is -2.50. The molecule has 3 aliphatic carbocycles. The molecule has 0 bridgehead atoms. The molecule has 0 aliphatic heterocycles. The highest BCUT2D eigenvalue weighted by molar-refractivity contribution is 4.97. The Balaban J connectivity index is 1.47. The second kappa shape index (κ2) is 8.63. The van der Waals surface area contributed by atoms with Gasteiger partial charge in [-0.1, -0.05) is 32.6 Å². The quantitative estimate of drug-likeness (QED) is 0.672. The summed E-state index contributed by atoms with van der Waals surface area (Å²) in [5.41, 5.74) is 0. The molecule has 0 aromatic heterocycles. The fourth-order valence-electron chi connectivity index (χ4n) is 6.03. The van der Waals surface area contributed by atoms with E-state index in [1.807, 2.05) is 0 Å². The van der Waals surface area contributed by atoms with Crippen LogP contribution in [0.3, 0.4) is 0 Å². The van der Waals surface area contributed by atoms with Gasteiger partial charge in [0.25, 0.3) is 0 Å². The van der Waals surface area contributed by atoms with Gasteiger partial charge in [-0.2, -0.15) is 0 Å². The third-order valence-electron chi connectivity index (χ3n) is 7.59. The summed E-state index contributed by atoms with van der Waals surface area (Å²) in [6.07, 6.45) is 4.88. The molecule has 5 unspecified atom stereocenters. The summed E-state index contributed by atoms with van der Waals surface area (Å²) in [7, 11) is 0. The lowest BCUT2D eigenvalue weighted by molar-refractivity contribution is -0.0984. The third kappa shape index (κ3) is 4.36. The number of hydrogen-bond donors (Lipinski definition) is 1. The van der Waals surface area contributed by atoms with Crippen molar-refractivity contribution in [1.82, 2.24) is 0 Å². The Morgan fingerprint density at radius 1 is 0.760 bits per heavy atom. The van der Waals surface area contributed by atoms with Gasteiger partial charge < -0.3 is 5.11 Å². The maximum absolute atomic E-state index is 13.8. The van der Waals surface area contributed by atoms with Gasteiger partial charge in [0.05, 0.1) is 6.10 Å². The minimum Gasteiger partial charge on any atom is -0.390 e. The third-order valence-corrected chi connectivity index (χ3v) is 7.59. The van der Waals surface area contributed by atoms with E-state index in [0.29, 0.717) is 0 Å². The van der Waals surface area contributed by atoms with E-state index < -0.39 is 30.5 Å². The average Bonchev–Trinajstić information content (AvgIpc) is 2.64. The van der Waals surface area contributed by atoms with Crippen LogP contribution in [-0.4, -0.2) is 29.7 Å². The summed E-state index contributed by atoms with van der Waals surface area (Å²) in [5, 5.41) is 10.1. The van der Waals surface area contributed by atoms with Crippen molar-refractivity contribution in [2.24, 2.45) is 29.6 Å². The molecule has 4 heteroatoms. The molecule has 0 spiro atoms. The summed E-state index contributed by atoms with van der Waals surface area (Å²) >= 11 is 0. The first-order valence-corrected chi connectivity index (χ1v) is 10.6. The molecule has 0 radical (unpaired) electrons. The van der Waals surface area contributed by atoms with Crippen LogP contribution in [0.25, 0.3) is 0 Å². The maximum atomic E-state index is 13.8. The summed E-state index contributed by atoms with van der Waals surface area (Å²) < 4.78 is 41.0. The number of aliphatic hydroxyl groups is 1. The number of rotatable bonds is 4. The first-order chi connectivity index (χ1) is 12.0. The molecule has 5 atom stereocenters. The zero-order chi connectivity index (χ0) is 18.0. The number of halogens is 3. The molecule has 3 saturated carbocycles. The summed E-state index contributed by atoms with van der Waals surface area (Å²) in [4.78, 5) is 0. The first-order valence-electron chi connectivity index (χ1n) is 10.6. The van der Waals surface area contributed by atoms with E-state index >= 15 is 0 Å². The molecule has 0 amide bonds. The molecule has 1 N–H and O–H groups in total. The number of aliphatic hydroxyl groups excluding tert-OH is 1. The summed E-state index contributed by atoms with van der Waals surface area (Å²) in [5.74, 6) is 2.25. The van der Waals surface area contributed by atoms with Crippen molar-refractivity contribution in [2.75, 3.05) is 0 Å². The van der Waals surface area contributed by atoms with Crippen LogP contribution in [-0.2, 0) is 0 Å². The highest BCUT2D eigenvalue weighted by Crippen LogP contribution is 2.46. The molecular formula is C21H35F3O. The van der Waals surface area contributed by atoms with E-state index in [4.69, 9.17) is 0 Å². The Bertz CT molecular complexity index is 402. The normalized spacial score (nSPS) is 49.1. The van der Waals surface area contributed by atoms with Crippen molar-refractivity contribution in [3.05, 3.63) is 0 Å². The number of hydrogen-bond acceptors (Lipinski definition) is 1. The predicted molar refractivity (Wildman–Crippen MR) is 94.6 cm³/mol. The highest BCUT2D eigenvalue weighted by Gasteiger charge is 2.48. The van der Waals surface area contributed by atoms with Crippen LogP contribution in [0, 0.1) is 29.6 Å². The maximum Gasteiger partial charge on any atom is 0.165 e. The molecule has 146 valence electrons. The van der Waals surface area contributed by atoms with Crippen molar-refractivity contribution in [2.45, 2.75) is 102 Å². The SMILES string of the molecule is CCCC1CCC(C2CCC(C3CC(F)C(F)C(F)C3O)CC2)CC1. The van der Waals surface area contributed by atoms with Crippen LogP contribution in [0.1, 0.15) is 77.6 Å². The summed E-state index contributed by atoms with van der Waals surface area (Å²) in [6, 6.07) is 0. The predicted octanol–water partition coefficient (Wildman–Crippen LogP) is 5.79. The second-order valence-corrected chi connectivity index (χ2v) is 9.04. The summed E-state index contributed by atoms with van der Waals surface area (Å²) in [6.45, 7) is 2.27. The molecule has 3 fully saturated rings. The van der Waals surface area contributed by atoms with Crippen LogP contribution in [0.5, 0.6) is 0 Å². The van der Waals surface area contributed by atoms with Crippen molar-refractivity contribution in [1.29, 1.82) is 0 Å². The van der Waals surface area contributed by atoms with E-state index in [2.05, 4.69) is 6.92 Å². The smallest absolute Gasteiger partial charge is 0.165 e. The van der Waals surface area contributed by atoms with Crippen LogP contribution in [0.4, 0.5) is 13.2 Å². The van der Waals surface area contributed by atoms with E-state index in [0.717, 1.165) is 43.4 Å². The largest absolute Gasteiger partial charge is 0.390 e. The van der Waals surface area contributed by atoms with Gasteiger partial charge in [-0.15, -0.1) is 0 Å². The molecule has 0 heterocycles. The molecule has 25 heavy (non-hydrogen) atoms. The van der Waals surface area contributed by atoms with Gasteiger partial charge in [0.1, 0.15) is 6.17 Å². The minimum absolute atomic E-state index is 0.0137. The molecule has 3 rings (SSSR count). The zero-order valence-corrected chi connectivity index (χ0v) is 15.6. The molecule has 0 aromatic carbocycles. The van der Waals surface area contributed by atoms with Crippen molar-refractivity contribution in [3.63, 3.8) is 0 Å². The molecule has 0 aromatic rings. The number of alkyl halides is 3. The standard InChI is InChI=1S/C21H35F3O/c1-2-3-13-4-6-14(7-5-13)15-8-10-16(11-9-15)17-12-18(22)19(23)20(24)21(17)25/h13-21,25H,2-12H2,1H3. The molecule has 3 aliphatic rings. The van der Waals surface area contributed by atoms with E-state index in [9.17, 15) is 18.3 Å². The average molecular weight is 361 g/mol. The van der Waals surface area contributed by atoms with Gasteiger partial charge in [-0.25, -0.2) is 13.2 Å². The van der Waals surface area contributed by atoms with E-state index in [-0.39, 0.29) is 12.3 Å². The Morgan fingerprint density at radius 3 is 1.84 bits per heavy atom. The van der Waals surface area contributed by atoms with E-state index in [1.54, 1.807) is 0 Å². The zero-order valence-electron chi connectivity index (χ0n) is 15.6. The fourth-order valence-corrected chi connectivity index (χ4v) is 6.03. The van der Waals surface area contributed by atoms with Crippen LogP contribution < -0.4 is 0 Å².